The first-order chi connectivity index (χ1) is 13.0. The fraction of sp³-hybridized carbons (Fsp3) is 0.381. The van der Waals surface area contributed by atoms with Crippen LogP contribution < -0.4 is 5.73 Å². The number of amides is 2. The average molecular weight is 410 g/mol. The molecule has 0 aliphatic carbocycles. The van der Waals surface area contributed by atoms with Gasteiger partial charge in [-0.25, -0.2) is 13.6 Å². The Hall–Kier alpha value is -2.18. The van der Waals surface area contributed by atoms with E-state index >= 15 is 0 Å². The topological polar surface area (TPSA) is 49.6 Å². The van der Waals surface area contributed by atoms with Crippen molar-refractivity contribution in [2.45, 2.75) is 18.8 Å². The van der Waals surface area contributed by atoms with Crippen LogP contribution in [0.4, 0.5) is 13.6 Å². The van der Waals surface area contributed by atoms with Crippen molar-refractivity contribution in [2.24, 2.45) is 5.73 Å². The summed E-state index contributed by atoms with van der Waals surface area (Å²) in [6.45, 7) is 3.89. The largest absolute Gasteiger partial charge is 0.351 e. The highest BCUT2D eigenvalue weighted by atomic mass is 35.5. The minimum absolute atomic E-state index is 0. The predicted octanol–water partition coefficient (Wildman–Crippen LogP) is 4.00. The third kappa shape index (κ3) is 5.91. The first-order valence-corrected chi connectivity index (χ1v) is 9.30. The molecule has 1 aliphatic heterocycles. The van der Waals surface area contributed by atoms with Crippen LogP contribution in [-0.2, 0) is 0 Å². The van der Waals surface area contributed by atoms with Gasteiger partial charge < -0.3 is 10.6 Å². The molecule has 2 aromatic carbocycles. The molecular formula is C21H26ClF2N3O. The molecule has 2 amide bonds. The summed E-state index contributed by atoms with van der Waals surface area (Å²) in [7, 11) is 0. The molecule has 0 spiro atoms. The molecule has 28 heavy (non-hydrogen) atoms. The lowest BCUT2D eigenvalue weighted by Crippen LogP contribution is -2.50. The summed E-state index contributed by atoms with van der Waals surface area (Å²) < 4.78 is 26.6. The first-order valence-electron chi connectivity index (χ1n) is 9.30. The van der Waals surface area contributed by atoms with E-state index in [4.69, 9.17) is 5.73 Å². The van der Waals surface area contributed by atoms with E-state index in [9.17, 15) is 13.6 Å². The Kier molecular flexibility index (Phi) is 8.20. The second-order valence-electron chi connectivity index (χ2n) is 6.96. The van der Waals surface area contributed by atoms with Gasteiger partial charge in [0.25, 0.3) is 0 Å². The van der Waals surface area contributed by atoms with E-state index in [1.54, 1.807) is 29.2 Å². The second-order valence-corrected chi connectivity index (χ2v) is 6.96. The molecule has 0 saturated carbocycles. The van der Waals surface area contributed by atoms with Crippen molar-refractivity contribution >= 4 is 18.4 Å². The van der Waals surface area contributed by atoms with Crippen LogP contribution >= 0.6 is 12.4 Å². The number of primary amides is 1. The fourth-order valence-corrected chi connectivity index (χ4v) is 3.63. The van der Waals surface area contributed by atoms with Crippen LogP contribution in [0.5, 0.6) is 0 Å². The van der Waals surface area contributed by atoms with Crippen molar-refractivity contribution in [2.75, 3.05) is 32.7 Å². The number of nitrogens with zero attached hydrogens (tertiary/aromatic N) is 2. The summed E-state index contributed by atoms with van der Waals surface area (Å²) >= 11 is 0. The van der Waals surface area contributed by atoms with E-state index < -0.39 is 0 Å². The highest BCUT2D eigenvalue weighted by molar-refractivity contribution is 5.85. The molecule has 0 bridgehead atoms. The monoisotopic (exact) mass is 409 g/mol. The normalized spacial score (nSPS) is 14.8. The highest BCUT2D eigenvalue weighted by Crippen LogP contribution is 2.29. The minimum Gasteiger partial charge on any atom is -0.351 e. The molecule has 1 fully saturated rings. The summed E-state index contributed by atoms with van der Waals surface area (Å²) in [6, 6.07) is 12.7. The summed E-state index contributed by atoms with van der Waals surface area (Å²) in [5.41, 5.74) is 7.38. The van der Waals surface area contributed by atoms with Gasteiger partial charge in [0.15, 0.2) is 0 Å². The van der Waals surface area contributed by atoms with E-state index in [0.717, 1.165) is 43.6 Å². The maximum atomic E-state index is 13.3. The van der Waals surface area contributed by atoms with Gasteiger partial charge in [0.2, 0.25) is 0 Å². The number of piperazine rings is 1. The van der Waals surface area contributed by atoms with E-state index in [2.05, 4.69) is 4.90 Å². The molecular weight excluding hydrogens is 384 g/mol. The number of urea groups is 1. The summed E-state index contributed by atoms with van der Waals surface area (Å²) in [4.78, 5) is 15.2. The van der Waals surface area contributed by atoms with Gasteiger partial charge in [-0.15, -0.1) is 12.4 Å². The number of rotatable bonds is 6. The molecule has 0 aromatic heterocycles. The van der Waals surface area contributed by atoms with E-state index in [1.807, 2.05) is 0 Å². The Morgan fingerprint density at radius 3 is 1.79 bits per heavy atom. The quantitative estimate of drug-likeness (QED) is 0.784. The molecule has 1 aliphatic rings. The number of benzene rings is 2. The number of nitrogens with two attached hydrogens (primary N) is 1. The average Bonchev–Trinajstić information content (AvgIpc) is 2.67. The number of carbonyl (C=O) groups excluding carboxylic acids is 1. The third-order valence-electron chi connectivity index (χ3n) is 5.20. The van der Waals surface area contributed by atoms with Crippen molar-refractivity contribution in [1.82, 2.24) is 9.80 Å². The van der Waals surface area contributed by atoms with Crippen LogP contribution in [0.1, 0.15) is 29.9 Å². The molecule has 1 saturated heterocycles. The second kappa shape index (κ2) is 10.4. The molecule has 152 valence electrons. The van der Waals surface area contributed by atoms with Gasteiger partial charge in [-0.05, 0) is 54.8 Å². The van der Waals surface area contributed by atoms with Gasteiger partial charge in [-0.1, -0.05) is 24.3 Å². The van der Waals surface area contributed by atoms with Crippen molar-refractivity contribution in [3.05, 3.63) is 71.3 Å². The standard InChI is InChI=1S/C21H25F2N3O.ClH/c22-18-7-3-16(4-8-18)20(17-5-9-19(23)10-6-17)2-1-11-25-12-14-26(15-13-25)21(24)27;/h3-10,20H,1-2,11-15H2,(H2,24,27);1H. The Morgan fingerprint density at radius 2 is 1.36 bits per heavy atom. The molecule has 4 nitrogen and oxygen atoms in total. The van der Waals surface area contributed by atoms with Gasteiger partial charge in [0.05, 0.1) is 0 Å². The van der Waals surface area contributed by atoms with Crippen LogP contribution in [0.2, 0.25) is 0 Å². The van der Waals surface area contributed by atoms with Gasteiger partial charge in [-0.3, -0.25) is 4.90 Å². The van der Waals surface area contributed by atoms with Crippen molar-refractivity contribution < 1.29 is 13.6 Å². The molecule has 2 aromatic rings. The minimum atomic E-state index is -0.359. The third-order valence-corrected chi connectivity index (χ3v) is 5.20. The number of hydrogen-bond donors (Lipinski definition) is 1. The van der Waals surface area contributed by atoms with Crippen molar-refractivity contribution in [1.29, 1.82) is 0 Å². The maximum Gasteiger partial charge on any atom is 0.314 e. The summed E-state index contributed by atoms with van der Waals surface area (Å²) in [5, 5.41) is 0. The Morgan fingerprint density at radius 1 is 0.893 bits per heavy atom. The number of carbonyl (C=O) groups is 1. The molecule has 7 heteroatoms. The first kappa shape index (κ1) is 22.1. The van der Waals surface area contributed by atoms with Crippen LogP contribution in [0.15, 0.2) is 48.5 Å². The number of hydrogen-bond acceptors (Lipinski definition) is 2. The summed E-state index contributed by atoms with van der Waals surface area (Å²) in [6.07, 6.45) is 1.84. The SMILES string of the molecule is Cl.NC(=O)N1CCN(CCCC(c2ccc(F)cc2)c2ccc(F)cc2)CC1. The van der Waals surface area contributed by atoms with Crippen molar-refractivity contribution in [3.8, 4) is 0 Å². The van der Waals surface area contributed by atoms with Crippen LogP contribution in [0.25, 0.3) is 0 Å². The molecule has 0 unspecified atom stereocenters. The van der Waals surface area contributed by atoms with Gasteiger partial charge in [0.1, 0.15) is 11.6 Å². The lowest BCUT2D eigenvalue weighted by atomic mass is 9.87. The van der Waals surface area contributed by atoms with E-state index in [-0.39, 0.29) is 36.0 Å². The zero-order valence-electron chi connectivity index (χ0n) is 15.7. The van der Waals surface area contributed by atoms with E-state index in [1.165, 1.54) is 24.3 Å². The zero-order valence-corrected chi connectivity index (χ0v) is 16.5. The van der Waals surface area contributed by atoms with Gasteiger partial charge in [-0.2, -0.15) is 0 Å². The zero-order chi connectivity index (χ0) is 19.2. The van der Waals surface area contributed by atoms with E-state index in [0.29, 0.717) is 13.1 Å². The Balaban J connectivity index is 0.00000280. The van der Waals surface area contributed by atoms with Crippen molar-refractivity contribution in [3.63, 3.8) is 0 Å². The predicted molar refractivity (Wildman–Crippen MR) is 109 cm³/mol. The fourth-order valence-electron chi connectivity index (χ4n) is 3.63. The maximum absolute atomic E-state index is 13.3. The lowest BCUT2D eigenvalue weighted by Gasteiger charge is -2.34. The van der Waals surface area contributed by atoms with Crippen LogP contribution in [-0.4, -0.2) is 48.6 Å². The molecule has 1 heterocycles. The lowest BCUT2D eigenvalue weighted by molar-refractivity contribution is 0.143. The smallest absolute Gasteiger partial charge is 0.314 e. The molecule has 0 radical (unpaired) electrons. The van der Waals surface area contributed by atoms with Crippen LogP contribution in [0.3, 0.4) is 0 Å². The van der Waals surface area contributed by atoms with Gasteiger partial charge >= 0.3 is 6.03 Å². The Labute approximate surface area is 170 Å². The molecule has 2 N–H and O–H groups in total. The van der Waals surface area contributed by atoms with Gasteiger partial charge in [0, 0.05) is 32.1 Å². The molecule has 0 atom stereocenters. The summed E-state index contributed by atoms with van der Waals surface area (Å²) in [5.74, 6) is -0.425. The number of halogens is 3. The Bertz CT molecular complexity index is 702. The highest BCUT2D eigenvalue weighted by Gasteiger charge is 2.20. The molecule has 3 rings (SSSR count). The van der Waals surface area contributed by atoms with Crippen LogP contribution in [0, 0.1) is 11.6 Å².